The highest BCUT2D eigenvalue weighted by Gasteiger charge is 2.41. The average Bonchev–Trinajstić information content (AvgIpc) is 2.57. The second kappa shape index (κ2) is 5.87. The molecule has 0 radical (unpaired) electrons. The van der Waals surface area contributed by atoms with Crippen molar-refractivity contribution in [2.45, 2.75) is 19.1 Å². The molecule has 23 heavy (non-hydrogen) atoms. The van der Waals surface area contributed by atoms with Gasteiger partial charge < -0.3 is 14.6 Å². The molecule has 1 unspecified atom stereocenters. The van der Waals surface area contributed by atoms with Gasteiger partial charge in [-0.1, -0.05) is 29.8 Å². The van der Waals surface area contributed by atoms with Crippen LogP contribution in [0.1, 0.15) is 22.3 Å². The molecule has 1 atom stereocenters. The normalized spacial score (nSPS) is 20.9. The van der Waals surface area contributed by atoms with Crippen molar-refractivity contribution in [1.29, 1.82) is 0 Å². The van der Waals surface area contributed by atoms with Crippen LogP contribution in [-0.2, 0) is 12.1 Å². The molecule has 1 aliphatic heterocycles. The molecule has 0 fully saturated rings. The van der Waals surface area contributed by atoms with Crippen LogP contribution >= 0.6 is 0 Å². The van der Waals surface area contributed by atoms with Gasteiger partial charge in [-0.25, -0.2) is 0 Å². The Morgan fingerprint density at radius 2 is 1.65 bits per heavy atom. The molecule has 1 N–H and O–H groups in total. The highest BCUT2D eigenvalue weighted by atomic mass is 16.5. The first-order valence-corrected chi connectivity index (χ1v) is 7.77. The van der Waals surface area contributed by atoms with Gasteiger partial charge in [-0.05, 0) is 38.1 Å². The number of hydrogen-bond acceptors (Lipinski definition) is 4. The van der Waals surface area contributed by atoms with Gasteiger partial charge in [0.05, 0.1) is 14.2 Å². The number of likely N-dealkylation sites (N-methyl/N-ethyl adjacent to an activating group) is 1. The Morgan fingerprint density at radius 3 is 2.26 bits per heavy atom. The molecule has 0 aliphatic carbocycles. The number of ether oxygens (including phenoxy) is 2. The van der Waals surface area contributed by atoms with E-state index in [0.717, 1.165) is 29.7 Å². The summed E-state index contributed by atoms with van der Waals surface area (Å²) in [5.74, 6) is 1.33. The third-order valence-corrected chi connectivity index (χ3v) is 4.71. The number of nitrogens with zero attached hydrogens (tertiary/aromatic N) is 1. The van der Waals surface area contributed by atoms with Crippen LogP contribution in [0.15, 0.2) is 36.4 Å². The van der Waals surface area contributed by atoms with E-state index < -0.39 is 5.72 Å². The molecule has 1 aliphatic rings. The van der Waals surface area contributed by atoms with Gasteiger partial charge in [-0.2, -0.15) is 0 Å². The largest absolute Gasteiger partial charge is 0.493 e. The Morgan fingerprint density at radius 1 is 1.04 bits per heavy atom. The van der Waals surface area contributed by atoms with E-state index in [9.17, 15) is 5.11 Å². The second-order valence-electron chi connectivity index (χ2n) is 6.07. The van der Waals surface area contributed by atoms with Gasteiger partial charge in [0.25, 0.3) is 0 Å². The molecule has 122 valence electrons. The van der Waals surface area contributed by atoms with E-state index in [1.165, 1.54) is 5.56 Å². The van der Waals surface area contributed by atoms with E-state index in [2.05, 4.69) is 0 Å². The summed E-state index contributed by atoms with van der Waals surface area (Å²) in [5, 5.41) is 11.6. The summed E-state index contributed by atoms with van der Waals surface area (Å²) >= 11 is 0. The highest BCUT2D eigenvalue weighted by molar-refractivity contribution is 5.53. The maximum atomic E-state index is 11.6. The lowest BCUT2D eigenvalue weighted by atomic mass is 9.84. The summed E-state index contributed by atoms with van der Waals surface area (Å²) in [6.45, 7) is 2.81. The Hall–Kier alpha value is -2.04. The zero-order chi connectivity index (χ0) is 16.6. The first-order chi connectivity index (χ1) is 11.0. The zero-order valence-electron chi connectivity index (χ0n) is 14.1. The van der Waals surface area contributed by atoms with Gasteiger partial charge in [0.1, 0.15) is 0 Å². The molecule has 2 aromatic rings. The van der Waals surface area contributed by atoms with Crippen molar-refractivity contribution in [2.75, 3.05) is 27.8 Å². The first kappa shape index (κ1) is 15.8. The topological polar surface area (TPSA) is 41.9 Å². The fraction of sp³-hybridized carbons (Fsp3) is 0.368. The smallest absolute Gasteiger partial charge is 0.171 e. The summed E-state index contributed by atoms with van der Waals surface area (Å²) in [6, 6.07) is 11.9. The third kappa shape index (κ3) is 2.48. The van der Waals surface area contributed by atoms with E-state index in [4.69, 9.17) is 9.47 Å². The lowest BCUT2D eigenvalue weighted by Gasteiger charge is -2.43. The molecule has 4 heteroatoms. The van der Waals surface area contributed by atoms with Crippen LogP contribution in [0.25, 0.3) is 0 Å². The highest BCUT2D eigenvalue weighted by Crippen LogP contribution is 2.42. The molecule has 0 saturated carbocycles. The summed E-state index contributed by atoms with van der Waals surface area (Å²) < 4.78 is 10.8. The number of aliphatic hydroxyl groups is 1. The summed E-state index contributed by atoms with van der Waals surface area (Å²) in [4.78, 5) is 1.98. The molecule has 0 aromatic heterocycles. The molecule has 0 amide bonds. The predicted octanol–water partition coefficient (Wildman–Crippen LogP) is 2.69. The standard InChI is InChI=1S/C19H23NO3/c1-13-5-7-15(8-6-13)19(21)16-12-18(23-4)17(22-3)11-14(16)9-10-20(19)2/h5-8,11-12,21H,9-10H2,1-4H3. The minimum absolute atomic E-state index is 0.632. The molecular formula is C19H23NO3. The van der Waals surface area contributed by atoms with E-state index in [1.54, 1.807) is 14.2 Å². The van der Waals surface area contributed by atoms with Crippen LogP contribution in [0, 0.1) is 6.92 Å². The average molecular weight is 313 g/mol. The Bertz CT molecular complexity index is 711. The molecule has 0 spiro atoms. The number of aryl methyl sites for hydroxylation is 1. The number of rotatable bonds is 3. The zero-order valence-corrected chi connectivity index (χ0v) is 14.1. The molecule has 3 rings (SSSR count). The van der Waals surface area contributed by atoms with Crippen LogP contribution in [0.4, 0.5) is 0 Å². The number of benzene rings is 2. The maximum absolute atomic E-state index is 11.6. The number of hydrogen-bond donors (Lipinski definition) is 1. The second-order valence-corrected chi connectivity index (χ2v) is 6.07. The molecular weight excluding hydrogens is 290 g/mol. The van der Waals surface area contributed by atoms with Crippen molar-refractivity contribution in [1.82, 2.24) is 4.90 Å². The summed E-state index contributed by atoms with van der Waals surface area (Å²) in [6.07, 6.45) is 0.861. The van der Waals surface area contributed by atoms with Crippen LogP contribution in [0.5, 0.6) is 11.5 Å². The minimum Gasteiger partial charge on any atom is -0.493 e. The lowest BCUT2D eigenvalue weighted by Crippen LogP contribution is -2.49. The van der Waals surface area contributed by atoms with Gasteiger partial charge in [0.2, 0.25) is 0 Å². The Balaban J connectivity index is 2.21. The van der Waals surface area contributed by atoms with Gasteiger partial charge in [-0.3, -0.25) is 4.90 Å². The van der Waals surface area contributed by atoms with E-state index >= 15 is 0 Å². The maximum Gasteiger partial charge on any atom is 0.171 e. The quantitative estimate of drug-likeness (QED) is 0.946. The molecule has 4 nitrogen and oxygen atoms in total. The van der Waals surface area contributed by atoms with Crippen LogP contribution in [0.3, 0.4) is 0 Å². The van der Waals surface area contributed by atoms with Crippen molar-refractivity contribution in [3.8, 4) is 11.5 Å². The van der Waals surface area contributed by atoms with Crippen molar-refractivity contribution in [3.63, 3.8) is 0 Å². The lowest BCUT2D eigenvalue weighted by molar-refractivity contribution is -0.0731. The SMILES string of the molecule is COc1cc2c(cc1OC)C(O)(c1ccc(C)cc1)N(C)CC2. The van der Waals surface area contributed by atoms with Crippen molar-refractivity contribution < 1.29 is 14.6 Å². The number of methoxy groups -OCH3 is 2. The minimum atomic E-state index is -1.17. The van der Waals surface area contributed by atoms with E-state index in [0.29, 0.717) is 11.5 Å². The van der Waals surface area contributed by atoms with Crippen LogP contribution in [-0.4, -0.2) is 37.8 Å². The van der Waals surface area contributed by atoms with Gasteiger partial charge >= 0.3 is 0 Å². The van der Waals surface area contributed by atoms with Gasteiger partial charge in [0.15, 0.2) is 17.2 Å². The van der Waals surface area contributed by atoms with E-state index in [1.807, 2.05) is 55.3 Å². The first-order valence-electron chi connectivity index (χ1n) is 7.77. The van der Waals surface area contributed by atoms with Crippen LogP contribution in [0.2, 0.25) is 0 Å². The summed E-state index contributed by atoms with van der Waals surface area (Å²) in [5.41, 5.74) is 2.81. The molecule has 0 bridgehead atoms. The van der Waals surface area contributed by atoms with Gasteiger partial charge in [0, 0.05) is 17.7 Å². The molecule has 0 saturated heterocycles. The van der Waals surface area contributed by atoms with Crippen LogP contribution < -0.4 is 9.47 Å². The van der Waals surface area contributed by atoms with Gasteiger partial charge in [-0.15, -0.1) is 0 Å². The van der Waals surface area contributed by atoms with Crippen molar-refractivity contribution in [3.05, 3.63) is 58.7 Å². The van der Waals surface area contributed by atoms with Crippen molar-refractivity contribution in [2.24, 2.45) is 0 Å². The fourth-order valence-electron chi connectivity index (χ4n) is 3.27. The predicted molar refractivity (Wildman–Crippen MR) is 90.1 cm³/mol. The monoisotopic (exact) mass is 313 g/mol. The third-order valence-electron chi connectivity index (χ3n) is 4.71. The molecule has 1 heterocycles. The summed E-state index contributed by atoms with van der Waals surface area (Å²) in [7, 11) is 5.19. The molecule has 2 aromatic carbocycles. The fourth-order valence-corrected chi connectivity index (χ4v) is 3.27. The van der Waals surface area contributed by atoms with Crippen molar-refractivity contribution >= 4 is 0 Å². The number of fused-ring (bicyclic) bond motifs is 1. The Kier molecular flexibility index (Phi) is 4.04. The Labute approximate surface area is 137 Å². The van der Waals surface area contributed by atoms with E-state index in [-0.39, 0.29) is 0 Å².